The summed E-state index contributed by atoms with van der Waals surface area (Å²) in [6, 6.07) is 7.55. The molecule has 2 aromatic carbocycles. The maximum atomic E-state index is 14.0. The first kappa shape index (κ1) is 41.7. The fourth-order valence-electron chi connectivity index (χ4n) is 5.38. The number of carbonyl (C=O) groups excluding carboxylic acids is 3. The molecule has 0 heterocycles. The third-order valence-electron chi connectivity index (χ3n) is 8.00. The van der Waals surface area contributed by atoms with E-state index in [2.05, 4.69) is 10.6 Å². The van der Waals surface area contributed by atoms with Crippen molar-refractivity contribution < 1.29 is 41.1 Å². The Balaban J connectivity index is 2.34. The van der Waals surface area contributed by atoms with Gasteiger partial charge in [-0.25, -0.2) is 26.8 Å². The van der Waals surface area contributed by atoms with E-state index in [4.69, 9.17) is 20.9 Å². The predicted molar refractivity (Wildman–Crippen MR) is 184 cm³/mol. The van der Waals surface area contributed by atoms with Gasteiger partial charge in [-0.15, -0.1) is 0 Å². The Hall–Kier alpha value is -3.46. The lowest BCUT2D eigenvalue weighted by molar-refractivity contribution is -0.151. The fourth-order valence-corrected chi connectivity index (χ4v) is 7.52. The molecule has 11 nitrogen and oxygen atoms in total. The summed E-state index contributed by atoms with van der Waals surface area (Å²) < 4.78 is 65.9. The summed E-state index contributed by atoms with van der Waals surface area (Å²) in [7, 11) is -3.92. The molecular weight excluding hydrogens is 658 g/mol. The quantitative estimate of drug-likeness (QED) is 0.0977. The molecule has 1 amide bonds. The van der Waals surface area contributed by atoms with Crippen molar-refractivity contribution in [1.82, 2.24) is 10.6 Å². The molecule has 0 fully saturated rings. The van der Waals surface area contributed by atoms with Crippen molar-refractivity contribution in [2.24, 2.45) is 11.5 Å². The number of amides is 1. The first-order valence-electron chi connectivity index (χ1n) is 16.8. The van der Waals surface area contributed by atoms with Gasteiger partial charge in [0.15, 0.2) is 9.84 Å². The molecule has 0 spiro atoms. The molecule has 0 saturated carbocycles. The SMILES string of the molecule is CCCC(CCC)S(=O)(=O)CC(NC(=O)OC[C@H](N)CCC=O)C(=O)O[C@H](CNCc1cccc(CC)c1)[C@@H](N)Cc1cc(F)cc(F)c1. The van der Waals surface area contributed by atoms with Crippen LogP contribution < -0.4 is 22.1 Å². The molecule has 274 valence electrons. The average Bonchev–Trinajstić information content (AvgIpc) is 3.04. The van der Waals surface area contributed by atoms with Gasteiger partial charge in [-0.05, 0) is 60.9 Å². The predicted octanol–water partition coefficient (Wildman–Crippen LogP) is 3.88. The topological polar surface area (TPSA) is 180 Å². The first-order chi connectivity index (χ1) is 23.3. The fraction of sp³-hybridized carbons (Fsp3) is 0.571. The number of alkyl carbamates (subject to hydrolysis) is 1. The molecule has 4 atom stereocenters. The summed E-state index contributed by atoms with van der Waals surface area (Å²) in [4.78, 5) is 37.2. The van der Waals surface area contributed by atoms with Gasteiger partial charge in [0.05, 0.1) is 11.0 Å². The molecule has 14 heteroatoms. The van der Waals surface area contributed by atoms with Crippen LogP contribution in [0.1, 0.15) is 76.0 Å². The monoisotopic (exact) mass is 710 g/mol. The number of aldehydes is 1. The van der Waals surface area contributed by atoms with Crippen molar-refractivity contribution in [3.05, 3.63) is 70.8 Å². The molecule has 49 heavy (non-hydrogen) atoms. The zero-order valence-corrected chi connectivity index (χ0v) is 29.5. The summed E-state index contributed by atoms with van der Waals surface area (Å²) in [6.07, 6.45) is 1.61. The molecule has 6 N–H and O–H groups in total. The van der Waals surface area contributed by atoms with Crippen LogP contribution in [0.4, 0.5) is 13.6 Å². The smallest absolute Gasteiger partial charge is 0.407 e. The van der Waals surface area contributed by atoms with Crippen molar-refractivity contribution >= 4 is 28.2 Å². The number of ether oxygens (including phenoxy) is 2. The van der Waals surface area contributed by atoms with Gasteiger partial charge in [0.1, 0.15) is 36.7 Å². The van der Waals surface area contributed by atoms with E-state index in [1.54, 1.807) is 0 Å². The second-order valence-corrected chi connectivity index (χ2v) is 14.6. The molecule has 2 aromatic rings. The van der Waals surface area contributed by atoms with Crippen LogP contribution in [0.15, 0.2) is 42.5 Å². The number of nitrogens with one attached hydrogen (secondary N) is 2. The lowest BCUT2D eigenvalue weighted by Crippen LogP contribution is -2.52. The Bertz CT molecular complexity index is 1420. The van der Waals surface area contributed by atoms with Crippen LogP contribution in [0, 0.1) is 11.6 Å². The Kier molecular flexibility index (Phi) is 18.4. The highest BCUT2D eigenvalue weighted by Gasteiger charge is 2.35. The van der Waals surface area contributed by atoms with Crippen LogP contribution in [-0.4, -0.2) is 75.2 Å². The highest BCUT2D eigenvalue weighted by Crippen LogP contribution is 2.18. The summed E-state index contributed by atoms with van der Waals surface area (Å²) in [5.41, 5.74) is 14.7. The largest absolute Gasteiger partial charge is 0.458 e. The third kappa shape index (κ3) is 15.3. The maximum Gasteiger partial charge on any atom is 0.407 e. The zero-order valence-electron chi connectivity index (χ0n) is 28.7. The maximum absolute atomic E-state index is 14.0. The Morgan fingerprint density at radius 3 is 2.20 bits per heavy atom. The molecule has 2 rings (SSSR count). The lowest BCUT2D eigenvalue weighted by atomic mass is 10.0. The second kappa shape index (κ2) is 21.6. The highest BCUT2D eigenvalue weighted by atomic mass is 32.2. The van der Waals surface area contributed by atoms with Crippen LogP contribution in [0.3, 0.4) is 0 Å². The van der Waals surface area contributed by atoms with E-state index >= 15 is 0 Å². The second-order valence-electron chi connectivity index (χ2n) is 12.3. The number of carbonyl (C=O) groups is 3. The van der Waals surface area contributed by atoms with E-state index in [0.29, 0.717) is 38.5 Å². The number of hydrogen-bond donors (Lipinski definition) is 4. The van der Waals surface area contributed by atoms with Gasteiger partial charge in [-0.3, -0.25) is 0 Å². The molecule has 1 unspecified atom stereocenters. The number of hydrogen-bond acceptors (Lipinski definition) is 10. The number of benzene rings is 2. The van der Waals surface area contributed by atoms with E-state index in [0.717, 1.165) is 35.7 Å². The minimum Gasteiger partial charge on any atom is -0.458 e. The van der Waals surface area contributed by atoms with Gasteiger partial charge in [0, 0.05) is 37.7 Å². The van der Waals surface area contributed by atoms with Gasteiger partial charge in [-0.2, -0.15) is 0 Å². The van der Waals surface area contributed by atoms with Crippen LogP contribution in [-0.2, 0) is 48.3 Å². The van der Waals surface area contributed by atoms with Crippen molar-refractivity contribution in [2.75, 3.05) is 18.9 Å². The van der Waals surface area contributed by atoms with Crippen LogP contribution >= 0.6 is 0 Å². The Labute approximate surface area is 288 Å². The molecule has 0 radical (unpaired) electrons. The van der Waals surface area contributed by atoms with E-state index in [9.17, 15) is 31.6 Å². The average molecular weight is 711 g/mol. The van der Waals surface area contributed by atoms with Gasteiger partial charge in [-0.1, -0.05) is 57.9 Å². The molecule has 0 bridgehead atoms. The minimum atomic E-state index is -3.92. The molecule has 0 aliphatic carbocycles. The molecule has 0 saturated heterocycles. The Morgan fingerprint density at radius 2 is 1.59 bits per heavy atom. The summed E-state index contributed by atoms with van der Waals surface area (Å²) in [5, 5.41) is 4.79. The minimum absolute atomic E-state index is 0.00482. The van der Waals surface area contributed by atoms with Crippen molar-refractivity contribution in [3.8, 4) is 0 Å². The van der Waals surface area contributed by atoms with Gasteiger partial charge in [0.25, 0.3) is 0 Å². The van der Waals surface area contributed by atoms with Crippen LogP contribution in [0.5, 0.6) is 0 Å². The van der Waals surface area contributed by atoms with Crippen LogP contribution in [0.25, 0.3) is 0 Å². The molecule has 0 aliphatic heterocycles. The number of sulfone groups is 1. The highest BCUT2D eigenvalue weighted by molar-refractivity contribution is 7.92. The van der Waals surface area contributed by atoms with E-state index < -0.39 is 68.8 Å². The third-order valence-corrected chi connectivity index (χ3v) is 10.3. The molecule has 0 aromatic heterocycles. The Morgan fingerprint density at radius 1 is 0.939 bits per heavy atom. The number of rotatable bonds is 23. The summed E-state index contributed by atoms with van der Waals surface area (Å²) >= 11 is 0. The standard InChI is InChI=1S/C35H52F2N4O7S/c1-4-9-30(10-5-2)49(45,46)23-32(41-35(44)47-22-29(38)13-8-14-42)34(43)48-33(21-40-20-25-12-7-11-24(6-3)15-25)31(39)18-26-16-27(36)19-28(37)17-26/h7,11-12,14-17,19,29-33,40H,4-6,8-10,13,18,20-23,38-39H2,1-3H3,(H,41,44)/t29-,31+,32?,33-/m1/s1. The summed E-state index contributed by atoms with van der Waals surface area (Å²) in [6.45, 7) is 5.86. The lowest BCUT2D eigenvalue weighted by Gasteiger charge is -2.28. The van der Waals surface area contributed by atoms with Gasteiger partial charge < -0.3 is 36.4 Å². The van der Waals surface area contributed by atoms with E-state index in [-0.39, 0.29) is 38.0 Å². The van der Waals surface area contributed by atoms with Crippen molar-refractivity contribution in [2.45, 2.75) is 108 Å². The number of aryl methyl sites for hydroxylation is 1. The number of esters is 1. The van der Waals surface area contributed by atoms with E-state index in [1.807, 2.05) is 45.0 Å². The number of halogens is 2. The molecular formula is C35H52F2N4O7S. The van der Waals surface area contributed by atoms with Crippen molar-refractivity contribution in [1.29, 1.82) is 0 Å². The normalized spacial score (nSPS) is 14.1. The van der Waals surface area contributed by atoms with Crippen LogP contribution in [0.2, 0.25) is 0 Å². The van der Waals surface area contributed by atoms with Crippen molar-refractivity contribution in [3.63, 3.8) is 0 Å². The first-order valence-corrected chi connectivity index (χ1v) is 18.6. The van der Waals surface area contributed by atoms with E-state index in [1.165, 1.54) is 0 Å². The number of nitrogens with two attached hydrogens (primary N) is 2. The summed E-state index contributed by atoms with van der Waals surface area (Å²) in [5.74, 6) is -3.41. The van der Waals surface area contributed by atoms with Gasteiger partial charge in [0.2, 0.25) is 0 Å². The zero-order chi connectivity index (χ0) is 36.4. The molecule has 0 aliphatic rings. The van der Waals surface area contributed by atoms with Gasteiger partial charge >= 0.3 is 12.1 Å².